The van der Waals surface area contributed by atoms with E-state index in [0.717, 1.165) is 6.42 Å². The van der Waals surface area contributed by atoms with E-state index in [1.165, 1.54) is 0 Å². The van der Waals surface area contributed by atoms with Gasteiger partial charge in [0.05, 0.1) is 5.56 Å². The molecule has 0 saturated heterocycles. The van der Waals surface area contributed by atoms with Crippen LogP contribution in [0.5, 0.6) is 0 Å². The van der Waals surface area contributed by atoms with Gasteiger partial charge in [0.25, 0.3) is 0 Å². The summed E-state index contributed by atoms with van der Waals surface area (Å²) in [5.41, 5.74) is 0.271. The molecule has 1 fully saturated rings. The van der Waals surface area contributed by atoms with E-state index in [2.05, 4.69) is 0 Å². The third kappa shape index (κ3) is 1.64. The SMILES string of the molecule is O=C(O)c1ccn(C2CCC(F)C2)c1. The Morgan fingerprint density at radius 2 is 2.36 bits per heavy atom. The van der Waals surface area contributed by atoms with E-state index < -0.39 is 12.1 Å². The van der Waals surface area contributed by atoms with Crippen LogP contribution in [0.25, 0.3) is 0 Å². The van der Waals surface area contributed by atoms with Crippen molar-refractivity contribution in [1.82, 2.24) is 4.57 Å². The monoisotopic (exact) mass is 197 g/mol. The summed E-state index contributed by atoms with van der Waals surface area (Å²) in [6.45, 7) is 0. The van der Waals surface area contributed by atoms with Gasteiger partial charge in [-0.2, -0.15) is 0 Å². The molecule has 0 bridgehead atoms. The molecule has 1 aromatic heterocycles. The van der Waals surface area contributed by atoms with Gasteiger partial charge in [0.2, 0.25) is 0 Å². The first-order valence-electron chi connectivity index (χ1n) is 4.71. The average molecular weight is 197 g/mol. The van der Waals surface area contributed by atoms with Gasteiger partial charge in [-0.25, -0.2) is 9.18 Å². The number of halogens is 1. The van der Waals surface area contributed by atoms with Crippen LogP contribution in [0, 0.1) is 0 Å². The molecule has 2 rings (SSSR count). The van der Waals surface area contributed by atoms with Gasteiger partial charge in [-0.15, -0.1) is 0 Å². The molecule has 1 N–H and O–H groups in total. The normalized spacial score (nSPS) is 26.6. The van der Waals surface area contributed by atoms with Crippen LogP contribution in [0.15, 0.2) is 18.5 Å². The summed E-state index contributed by atoms with van der Waals surface area (Å²) in [6.07, 6.45) is 4.46. The summed E-state index contributed by atoms with van der Waals surface area (Å²) in [5, 5.41) is 8.71. The smallest absolute Gasteiger partial charge is 0.337 e. The van der Waals surface area contributed by atoms with E-state index >= 15 is 0 Å². The molecule has 0 amide bonds. The standard InChI is InChI=1S/C10H12FNO2/c11-8-1-2-9(5-8)12-4-3-7(6-12)10(13)14/h3-4,6,8-9H,1-2,5H2,(H,13,14). The number of rotatable bonds is 2. The molecule has 2 unspecified atom stereocenters. The molecule has 0 aliphatic heterocycles. The highest BCUT2D eigenvalue weighted by atomic mass is 19.1. The molecular weight excluding hydrogens is 185 g/mol. The summed E-state index contributed by atoms with van der Waals surface area (Å²) in [6, 6.07) is 1.69. The fraction of sp³-hybridized carbons (Fsp3) is 0.500. The first kappa shape index (κ1) is 9.24. The van der Waals surface area contributed by atoms with Crippen LogP contribution in [-0.2, 0) is 0 Å². The molecule has 1 heterocycles. The number of carbonyl (C=O) groups is 1. The Bertz CT molecular complexity index is 348. The van der Waals surface area contributed by atoms with Crippen molar-refractivity contribution in [1.29, 1.82) is 0 Å². The van der Waals surface area contributed by atoms with Crippen LogP contribution in [-0.4, -0.2) is 21.8 Å². The predicted molar refractivity (Wildman–Crippen MR) is 49.2 cm³/mol. The molecule has 0 aromatic carbocycles. The maximum atomic E-state index is 12.9. The molecule has 3 nitrogen and oxygen atoms in total. The first-order chi connectivity index (χ1) is 6.66. The van der Waals surface area contributed by atoms with Crippen molar-refractivity contribution in [2.24, 2.45) is 0 Å². The Labute approximate surface area is 81.2 Å². The minimum absolute atomic E-state index is 0.137. The average Bonchev–Trinajstić information content (AvgIpc) is 2.70. The van der Waals surface area contributed by atoms with E-state index in [-0.39, 0.29) is 11.6 Å². The molecule has 1 aromatic rings. The first-order valence-corrected chi connectivity index (χ1v) is 4.71. The van der Waals surface area contributed by atoms with Gasteiger partial charge < -0.3 is 9.67 Å². The van der Waals surface area contributed by atoms with Crippen LogP contribution >= 0.6 is 0 Å². The summed E-state index contributed by atoms with van der Waals surface area (Å²) in [5.74, 6) is -0.932. The van der Waals surface area contributed by atoms with Crippen molar-refractivity contribution in [2.45, 2.75) is 31.5 Å². The van der Waals surface area contributed by atoms with Gasteiger partial charge in [0.1, 0.15) is 6.17 Å². The van der Waals surface area contributed by atoms with Gasteiger partial charge in [-0.1, -0.05) is 0 Å². The minimum atomic E-state index is -0.932. The second-order valence-corrected chi connectivity index (χ2v) is 3.72. The van der Waals surface area contributed by atoms with E-state index in [4.69, 9.17) is 5.11 Å². The van der Waals surface area contributed by atoms with Crippen LogP contribution in [0.2, 0.25) is 0 Å². The van der Waals surface area contributed by atoms with Crippen LogP contribution in [0.4, 0.5) is 4.39 Å². The predicted octanol–water partition coefficient (Wildman–Crippen LogP) is 2.25. The summed E-state index contributed by atoms with van der Waals surface area (Å²) in [7, 11) is 0. The topological polar surface area (TPSA) is 42.2 Å². The fourth-order valence-electron chi connectivity index (χ4n) is 1.94. The number of alkyl halides is 1. The largest absolute Gasteiger partial charge is 0.478 e. The Balaban J connectivity index is 2.13. The van der Waals surface area contributed by atoms with Gasteiger partial charge >= 0.3 is 5.97 Å². The van der Waals surface area contributed by atoms with Gasteiger partial charge in [0.15, 0.2) is 0 Å². The Morgan fingerprint density at radius 1 is 1.57 bits per heavy atom. The van der Waals surface area contributed by atoms with Gasteiger partial charge in [-0.05, 0) is 25.3 Å². The second kappa shape index (κ2) is 3.44. The van der Waals surface area contributed by atoms with Crippen LogP contribution in [0.3, 0.4) is 0 Å². The lowest BCUT2D eigenvalue weighted by Crippen LogP contribution is -2.03. The summed E-state index contributed by atoms with van der Waals surface area (Å²) < 4.78 is 14.7. The molecule has 2 atom stereocenters. The molecular formula is C10H12FNO2. The van der Waals surface area contributed by atoms with E-state index in [0.29, 0.717) is 12.8 Å². The van der Waals surface area contributed by atoms with Crippen molar-refractivity contribution in [3.63, 3.8) is 0 Å². The molecule has 0 spiro atoms. The number of aromatic carboxylic acids is 1. The molecule has 1 saturated carbocycles. The highest BCUT2D eigenvalue weighted by molar-refractivity contribution is 5.87. The molecule has 1 aliphatic carbocycles. The number of hydrogen-bond donors (Lipinski definition) is 1. The zero-order valence-electron chi connectivity index (χ0n) is 7.69. The zero-order valence-corrected chi connectivity index (χ0v) is 7.69. The Hall–Kier alpha value is -1.32. The molecule has 0 radical (unpaired) electrons. The lowest BCUT2D eigenvalue weighted by atomic mass is 10.2. The maximum Gasteiger partial charge on any atom is 0.337 e. The molecule has 76 valence electrons. The number of carboxylic acid groups (broad SMARTS) is 1. The van der Waals surface area contributed by atoms with Crippen molar-refractivity contribution < 1.29 is 14.3 Å². The fourth-order valence-corrected chi connectivity index (χ4v) is 1.94. The van der Waals surface area contributed by atoms with Crippen molar-refractivity contribution in [3.05, 3.63) is 24.0 Å². The number of aromatic nitrogens is 1. The summed E-state index contributed by atoms with van der Waals surface area (Å²) in [4.78, 5) is 10.6. The number of carboxylic acids is 1. The van der Waals surface area contributed by atoms with E-state index in [1.54, 1.807) is 18.5 Å². The van der Waals surface area contributed by atoms with E-state index in [9.17, 15) is 9.18 Å². The highest BCUT2D eigenvalue weighted by Crippen LogP contribution is 2.32. The third-order valence-corrected chi connectivity index (χ3v) is 2.72. The molecule has 4 heteroatoms. The third-order valence-electron chi connectivity index (χ3n) is 2.72. The van der Waals surface area contributed by atoms with Gasteiger partial charge in [0, 0.05) is 18.4 Å². The lowest BCUT2D eigenvalue weighted by molar-refractivity contribution is 0.0697. The Morgan fingerprint density at radius 3 is 2.86 bits per heavy atom. The maximum absolute atomic E-state index is 12.9. The molecule has 1 aliphatic rings. The molecule has 14 heavy (non-hydrogen) atoms. The number of nitrogens with zero attached hydrogens (tertiary/aromatic N) is 1. The second-order valence-electron chi connectivity index (χ2n) is 3.72. The minimum Gasteiger partial charge on any atom is -0.478 e. The highest BCUT2D eigenvalue weighted by Gasteiger charge is 2.25. The van der Waals surface area contributed by atoms with Crippen molar-refractivity contribution in [3.8, 4) is 0 Å². The van der Waals surface area contributed by atoms with Crippen molar-refractivity contribution in [2.75, 3.05) is 0 Å². The van der Waals surface area contributed by atoms with Crippen molar-refractivity contribution >= 4 is 5.97 Å². The Kier molecular flexibility index (Phi) is 2.27. The quantitative estimate of drug-likeness (QED) is 0.790. The number of hydrogen-bond acceptors (Lipinski definition) is 1. The van der Waals surface area contributed by atoms with Gasteiger partial charge in [-0.3, -0.25) is 0 Å². The van der Waals surface area contributed by atoms with Crippen LogP contribution < -0.4 is 0 Å². The van der Waals surface area contributed by atoms with Crippen LogP contribution in [0.1, 0.15) is 35.7 Å². The lowest BCUT2D eigenvalue weighted by Gasteiger charge is -2.10. The zero-order chi connectivity index (χ0) is 10.1. The summed E-state index contributed by atoms with van der Waals surface area (Å²) >= 11 is 0. The van der Waals surface area contributed by atoms with E-state index in [1.807, 2.05) is 4.57 Å².